The first-order valence-electron chi connectivity index (χ1n) is 8.40. The lowest BCUT2D eigenvalue weighted by Crippen LogP contribution is -2.11. The number of nitrogens with zero attached hydrogens (tertiary/aromatic N) is 5. The van der Waals surface area contributed by atoms with E-state index in [1.165, 1.54) is 22.3 Å². The molecule has 2 aromatic heterocycles. The van der Waals surface area contributed by atoms with Crippen LogP contribution in [0.5, 0.6) is 5.75 Å². The van der Waals surface area contributed by atoms with E-state index in [4.69, 9.17) is 4.74 Å². The molecule has 140 valence electrons. The molecule has 0 saturated heterocycles. The van der Waals surface area contributed by atoms with Gasteiger partial charge >= 0.3 is 0 Å². The molecule has 0 bridgehead atoms. The predicted octanol–water partition coefficient (Wildman–Crippen LogP) is 3.36. The quantitative estimate of drug-likeness (QED) is 0.560. The number of aromatic nitrogens is 5. The van der Waals surface area contributed by atoms with Gasteiger partial charge in [0.2, 0.25) is 0 Å². The summed E-state index contributed by atoms with van der Waals surface area (Å²) in [5.41, 5.74) is 3.11. The van der Waals surface area contributed by atoms with Crippen molar-refractivity contribution in [2.75, 3.05) is 12.4 Å². The number of hydrogen-bond donors (Lipinski definition) is 1. The van der Waals surface area contributed by atoms with Gasteiger partial charge in [-0.1, -0.05) is 0 Å². The number of carbonyl (C=O) groups is 1. The topological polar surface area (TPSA) is 94.8 Å². The Balaban J connectivity index is 1.50. The summed E-state index contributed by atoms with van der Waals surface area (Å²) in [6.07, 6.45) is 1.49. The molecule has 28 heavy (non-hydrogen) atoms. The zero-order valence-electron chi connectivity index (χ0n) is 15.2. The number of nitrogens with one attached hydrogen (secondary N) is 1. The maximum absolute atomic E-state index is 12.5. The van der Waals surface area contributed by atoms with Crippen molar-refractivity contribution in [3.63, 3.8) is 0 Å². The van der Waals surface area contributed by atoms with Crippen molar-refractivity contribution in [2.45, 2.75) is 6.92 Å². The number of carbonyl (C=O) groups excluding carboxylic acids is 1. The van der Waals surface area contributed by atoms with Crippen LogP contribution in [0.3, 0.4) is 0 Å². The molecule has 0 aliphatic rings. The first-order valence-corrected chi connectivity index (χ1v) is 9.22. The number of hydrogen-bond acceptors (Lipinski definition) is 7. The van der Waals surface area contributed by atoms with Crippen LogP contribution in [0.15, 0.2) is 54.9 Å². The fourth-order valence-electron chi connectivity index (χ4n) is 2.68. The number of ether oxygens (including phenoxy) is 1. The monoisotopic (exact) mass is 392 g/mol. The van der Waals surface area contributed by atoms with Crippen LogP contribution in [0.4, 0.5) is 5.13 Å². The van der Waals surface area contributed by atoms with Crippen LogP contribution in [0.2, 0.25) is 0 Å². The molecule has 0 fully saturated rings. The number of tetrazole rings is 1. The molecule has 0 radical (unpaired) electrons. The Morgan fingerprint density at radius 2 is 1.86 bits per heavy atom. The van der Waals surface area contributed by atoms with Gasteiger partial charge in [0.15, 0.2) is 5.13 Å². The number of thiazole rings is 1. The lowest BCUT2D eigenvalue weighted by molar-refractivity contribution is 0.102. The third-order valence-electron chi connectivity index (χ3n) is 4.12. The minimum Gasteiger partial charge on any atom is -0.497 e. The molecule has 0 saturated carbocycles. The number of amides is 1. The second-order valence-electron chi connectivity index (χ2n) is 5.91. The molecule has 1 amide bonds. The molecule has 0 aliphatic carbocycles. The number of rotatable bonds is 5. The van der Waals surface area contributed by atoms with Crippen LogP contribution in [-0.4, -0.2) is 38.2 Å². The molecule has 4 aromatic rings. The average Bonchev–Trinajstić information content (AvgIpc) is 3.38. The van der Waals surface area contributed by atoms with Gasteiger partial charge in [0, 0.05) is 16.0 Å². The van der Waals surface area contributed by atoms with Crippen LogP contribution in [0, 0.1) is 6.92 Å². The van der Waals surface area contributed by atoms with Crippen molar-refractivity contribution in [2.24, 2.45) is 0 Å². The summed E-state index contributed by atoms with van der Waals surface area (Å²) in [7, 11) is 1.63. The molecule has 0 aliphatic heterocycles. The lowest BCUT2D eigenvalue weighted by atomic mass is 10.1. The van der Waals surface area contributed by atoms with Gasteiger partial charge in [-0.2, -0.15) is 0 Å². The first-order chi connectivity index (χ1) is 13.6. The molecule has 0 unspecified atom stereocenters. The third kappa shape index (κ3) is 3.60. The van der Waals surface area contributed by atoms with E-state index in [9.17, 15) is 4.79 Å². The summed E-state index contributed by atoms with van der Waals surface area (Å²) in [6.45, 7) is 1.98. The SMILES string of the molecule is COc1ccc(-c2nc(NC(=O)c3ccc(-n4cnnn4)cc3)sc2C)cc1. The Labute approximate surface area is 164 Å². The van der Waals surface area contributed by atoms with E-state index in [-0.39, 0.29) is 5.91 Å². The first kappa shape index (κ1) is 17.8. The van der Waals surface area contributed by atoms with Gasteiger partial charge in [0.1, 0.15) is 12.1 Å². The molecule has 1 N–H and O–H groups in total. The molecule has 2 heterocycles. The van der Waals surface area contributed by atoms with E-state index < -0.39 is 0 Å². The van der Waals surface area contributed by atoms with Gasteiger partial charge in [-0.05, 0) is 65.9 Å². The van der Waals surface area contributed by atoms with E-state index in [0.717, 1.165) is 27.6 Å². The maximum atomic E-state index is 12.5. The minimum atomic E-state index is -0.224. The molecule has 8 nitrogen and oxygen atoms in total. The van der Waals surface area contributed by atoms with Crippen LogP contribution < -0.4 is 10.1 Å². The van der Waals surface area contributed by atoms with Gasteiger partial charge < -0.3 is 4.74 Å². The number of aryl methyl sites for hydroxylation is 1. The van der Waals surface area contributed by atoms with Crippen molar-refractivity contribution >= 4 is 22.4 Å². The highest BCUT2D eigenvalue weighted by Crippen LogP contribution is 2.31. The van der Waals surface area contributed by atoms with Gasteiger partial charge in [0.25, 0.3) is 5.91 Å². The van der Waals surface area contributed by atoms with E-state index in [2.05, 4.69) is 25.8 Å². The van der Waals surface area contributed by atoms with E-state index in [1.54, 1.807) is 31.4 Å². The number of anilines is 1. The fourth-order valence-corrected chi connectivity index (χ4v) is 3.51. The largest absolute Gasteiger partial charge is 0.497 e. The molecule has 2 aromatic carbocycles. The standard InChI is InChI=1S/C19H16N6O2S/c1-12-17(13-5-9-16(27-2)10-6-13)21-19(28-12)22-18(26)14-3-7-15(8-4-14)25-11-20-23-24-25/h3-11H,1-2H3,(H,21,22,26). The molecular formula is C19H16N6O2S. The fraction of sp³-hybridized carbons (Fsp3) is 0.105. The predicted molar refractivity (Wildman–Crippen MR) is 106 cm³/mol. The van der Waals surface area contributed by atoms with Crippen molar-refractivity contribution in [1.82, 2.24) is 25.2 Å². The highest BCUT2D eigenvalue weighted by Gasteiger charge is 2.13. The second kappa shape index (κ2) is 7.57. The Hall–Kier alpha value is -3.59. The Kier molecular flexibility index (Phi) is 4.81. The third-order valence-corrected chi connectivity index (χ3v) is 5.01. The van der Waals surface area contributed by atoms with Gasteiger partial charge in [-0.25, -0.2) is 9.67 Å². The molecule has 0 atom stereocenters. The van der Waals surface area contributed by atoms with Crippen molar-refractivity contribution < 1.29 is 9.53 Å². The van der Waals surface area contributed by atoms with Crippen molar-refractivity contribution in [3.8, 4) is 22.7 Å². The van der Waals surface area contributed by atoms with Crippen LogP contribution in [-0.2, 0) is 0 Å². The van der Waals surface area contributed by atoms with Crippen LogP contribution in [0.25, 0.3) is 16.9 Å². The smallest absolute Gasteiger partial charge is 0.257 e. The molecule has 9 heteroatoms. The van der Waals surface area contributed by atoms with Crippen LogP contribution >= 0.6 is 11.3 Å². The minimum absolute atomic E-state index is 0.224. The van der Waals surface area contributed by atoms with Crippen LogP contribution in [0.1, 0.15) is 15.2 Å². The zero-order chi connectivity index (χ0) is 19.5. The van der Waals surface area contributed by atoms with Gasteiger partial charge in [0.05, 0.1) is 18.5 Å². The summed E-state index contributed by atoms with van der Waals surface area (Å²) in [6, 6.07) is 14.7. The van der Waals surface area contributed by atoms with E-state index >= 15 is 0 Å². The number of methoxy groups -OCH3 is 1. The summed E-state index contributed by atoms with van der Waals surface area (Å²) in [5.74, 6) is 0.563. The number of benzene rings is 2. The second-order valence-corrected chi connectivity index (χ2v) is 7.11. The normalized spacial score (nSPS) is 10.6. The van der Waals surface area contributed by atoms with E-state index in [1.807, 2.05) is 31.2 Å². The Bertz CT molecular complexity index is 1090. The summed E-state index contributed by atoms with van der Waals surface area (Å²) in [4.78, 5) is 18.1. The van der Waals surface area contributed by atoms with Gasteiger partial charge in [-0.15, -0.1) is 16.4 Å². The molecule has 0 spiro atoms. The highest BCUT2D eigenvalue weighted by atomic mass is 32.1. The Morgan fingerprint density at radius 1 is 1.11 bits per heavy atom. The summed E-state index contributed by atoms with van der Waals surface area (Å²) < 4.78 is 6.71. The van der Waals surface area contributed by atoms with E-state index in [0.29, 0.717) is 10.7 Å². The Morgan fingerprint density at radius 3 is 2.50 bits per heavy atom. The zero-order valence-corrected chi connectivity index (χ0v) is 16.0. The molecule has 4 rings (SSSR count). The van der Waals surface area contributed by atoms with Crippen molar-refractivity contribution in [1.29, 1.82) is 0 Å². The maximum Gasteiger partial charge on any atom is 0.257 e. The summed E-state index contributed by atoms with van der Waals surface area (Å²) >= 11 is 1.44. The van der Waals surface area contributed by atoms with Gasteiger partial charge in [-0.3, -0.25) is 10.1 Å². The van der Waals surface area contributed by atoms with Crippen molar-refractivity contribution in [3.05, 3.63) is 65.3 Å². The summed E-state index contributed by atoms with van der Waals surface area (Å²) in [5, 5.41) is 14.4. The molecular weight excluding hydrogens is 376 g/mol. The lowest BCUT2D eigenvalue weighted by Gasteiger charge is -2.04. The highest BCUT2D eigenvalue weighted by molar-refractivity contribution is 7.16. The average molecular weight is 392 g/mol.